The minimum Gasteiger partial charge on any atom is -0.322 e. The van der Waals surface area contributed by atoms with Crippen molar-refractivity contribution in [3.8, 4) is 0 Å². The van der Waals surface area contributed by atoms with Crippen molar-refractivity contribution in [2.24, 2.45) is 5.10 Å². The number of carbonyl (C=O) groups is 3. The van der Waals surface area contributed by atoms with E-state index in [9.17, 15) is 14.4 Å². The summed E-state index contributed by atoms with van der Waals surface area (Å²) in [6.07, 6.45) is 4.79. The number of rotatable bonds is 6. The molecule has 0 bridgehead atoms. The van der Waals surface area contributed by atoms with Crippen LogP contribution in [0, 0.1) is 0 Å². The van der Waals surface area contributed by atoms with Crippen molar-refractivity contribution in [2.45, 2.75) is 0 Å². The third kappa shape index (κ3) is 6.75. The molecule has 3 N–H and O–H groups in total. The third-order valence-corrected chi connectivity index (χ3v) is 4.67. The number of anilines is 2. The smallest absolute Gasteiger partial charge is 0.322 e. The average molecular weight is 491 g/mol. The van der Waals surface area contributed by atoms with Crippen molar-refractivity contribution < 1.29 is 14.4 Å². The van der Waals surface area contributed by atoms with E-state index >= 15 is 0 Å². The first-order valence-electron chi connectivity index (χ1n) is 9.55. The Morgan fingerprint density at radius 2 is 1.47 bits per heavy atom. The Bertz CT molecular complexity index is 1160. The quantitative estimate of drug-likeness (QED) is 0.270. The fraction of sp³-hybridized carbons (Fsp3) is 0. The summed E-state index contributed by atoms with van der Waals surface area (Å²) in [5.74, 6) is -2.33. The number of nitrogens with one attached hydrogen (secondary N) is 3. The van der Waals surface area contributed by atoms with Gasteiger partial charge in [0.05, 0.1) is 11.3 Å². The lowest BCUT2D eigenvalue weighted by Crippen LogP contribution is -2.33. The van der Waals surface area contributed by atoms with E-state index in [0.717, 1.165) is 10.0 Å². The Morgan fingerprint density at radius 3 is 2.22 bits per heavy atom. The highest BCUT2D eigenvalue weighted by Gasteiger charge is 2.17. The molecule has 0 aliphatic carbocycles. The lowest BCUT2D eigenvalue weighted by Gasteiger charge is -2.11. The van der Waals surface area contributed by atoms with Crippen LogP contribution in [-0.2, 0) is 9.59 Å². The van der Waals surface area contributed by atoms with Crippen molar-refractivity contribution >= 4 is 57.3 Å². The second-order valence-electron chi connectivity index (χ2n) is 6.45. The fourth-order valence-electron chi connectivity index (χ4n) is 2.61. The topological polar surface area (TPSA) is 99.7 Å². The Labute approximate surface area is 193 Å². The van der Waals surface area contributed by atoms with E-state index < -0.39 is 17.7 Å². The zero-order chi connectivity index (χ0) is 22.8. The predicted octanol–water partition coefficient (Wildman–Crippen LogP) is 4.46. The molecule has 32 heavy (non-hydrogen) atoms. The number of halogens is 1. The van der Waals surface area contributed by atoms with Crippen LogP contribution in [0.25, 0.3) is 6.08 Å². The van der Waals surface area contributed by atoms with Crippen LogP contribution in [-0.4, -0.2) is 23.9 Å². The van der Waals surface area contributed by atoms with Crippen molar-refractivity contribution in [3.05, 3.63) is 101 Å². The number of hydrogen-bond acceptors (Lipinski definition) is 4. The maximum atomic E-state index is 12.6. The molecule has 8 heteroatoms. The second-order valence-corrected chi connectivity index (χ2v) is 7.37. The number of amides is 3. The zero-order valence-electron chi connectivity index (χ0n) is 16.8. The van der Waals surface area contributed by atoms with E-state index in [1.165, 1.54) is 12.3 Å². The standard InChI is InChI=1S/C24H19BrN4O3/c25-18-12-14-19(15-13-18)27-22(30)20-10-4-5-11-21(20)28-23(31)24(32)29-26-16-6-9-17-7-2-1-3-8-17/h1-16H,(H,27,30)(H,28,31)(H,29,32). The van der Waals surface area contributed by atoms with Gasteiger partial charge in [-0.25, -0.2) is 5.43 Å². The van der Waals surface area contributed by atoms with Crippen molar-refractivity contribution in [1.29, 1.82) is 0 Å². The van der Waals surface area contributed by atoms with Crippen LogP contribution in [0.5, 0.6) is 0 Å². The molecule has 0 fully saturated rings. The molecular weight excluding hydrogens is 472 g/mol. The van der Waals surface area contributed by atoms with Gasteiger partial charge in [0, 0.05) is 16.4 Å². The molecule has 0 radical (unpaired) electrons. The summed E-state index contributed by atoms with van der Waals surface area (Å²) in [7, 11) is 0. The maximum Gasteiger partial charge on any atom is 0.329 e. The van der Waals surface area contributed by atoms with E-state index in [1.807, 2.05) is 30.3 Å². The molecule has 0 heterocycles. The van der Waals surface area contributed by atoms with Crippen LogP contribution in [0.1, 0.15) is 15.9 Å². The Balaban J connectivity index is 1.58. The summed E-state index contributed by atoms with van der Waals surface area (Å²) in [4.78, 5) is 36.9. The van der Waals surface area contributed by atoms with Gasteiger partial charge in [0.15, 0.2) is 0 Å². The SMILES string of the molecule is O=C(NN=CC=Cc1ccccc1)C(=O)Nc1ccccc1C(=O)Nc1ccc(Br)cc1. The summed E-state index contributed by atoms with van der Waals surface area (Å²) < 4.78 is 0.882. The van der Waals surface area contributed by atoms with Gasteiger partial charge in [-0.1, -0.05) is 64.5 Å². The average Bonchev–Trinajstić information content (AvgIpc) is 2.81. The van der Waals surface area contributed by atoms with Crippen LogP contribution < -0.4 is 16.1 Å². The molecule has 3 aromatic carbocycles. The molecule has 3 aromatic rings. The molecule has 0 saturated heterocycles. The molecule has 0 spiro atoms. The summed E-state index contributed by atoms with van der Waals surface area (Å²) >= 11 is 3.33. The van der Waals surface area contributed by atoms with Gasteiger partial charge in [0.2, 0.25) is 0 Å². The Kier molecular flexibility index (Phi) is 8.05. The molecule has 0 aliphatic heterocycles. The summed E-state index contributed by atoms with van der Waals surface area (Å²) in [5, 5.41) is 8.90. The molecule has 0 aromatic heterocycles. The number of nitrogens with zero attached hydrogens (tertiary/aromatic N) is 1. The maximum absolute atomic E-state index is 12.6. The molecule has 0 saturated carbocycles. The molecule has 7 nitrogen and oxygen atoms in total. The predicted molar refractivity (Wildman–Crippen MR) is 129 cm³/mol. The van der Waals surface area contributed by atoms with Crippen LogP contribution in [0.4, 0.5) is 11.4 Å². The number of hydrazone groups is 1. The third-order valence-electron chi connectivity index (χ3n) is 4.14. The summed E-state index contributed by atoms with van der Waals surface area (Å²) in [6, 6.07) is 23.0. The van der Waals surface area contributed by atoms with Gasteiger partial charge in [0.25, 0.3) is 5.91 Å². The van der Waals surface area contributed by atoms with Crippen LogP contribution in [0.2, 0.25) is 0 Å². The first-order valence-corrected chi connectivity index (χ1v) is 10.3. The van der Waals surface area contributed by atoms with Crippen molar-refractivity contribution in [3.63, 3.8) is 0 Å². The van der Waals surface area contributed by atoms with Gasteiger partial charge in [-0.3, -0.25) is 14.4 Å². The van der Waals surface area contributed by atoms with Crippen molar-refractivity contribution in [1.82, 2.24) is 5.43 Å². The lowest BCUT2D eigenvalue weighted by atomic mass is 10.1. The van der Waals surface area contributed by atoms with Gasteiger partial charge >= 0.3 is 11.8 Å². The first kappa shape index (κ1) is 22.6. The molecule has 3 amide bonds. The normalized spacial score (nSPS) is 10.8. The highest BCUT2D eigenvalue weighted by molar-refractivity contribution is 9.10. The van der Waals surface area contributed by atoms with Crippen LogP contribution in [0.3, 0.4) is 0 Å². The molecule has 160 valence electrons. The second kappa shape index (κ2) is 11.4. The van der Waals surface area contributed by atoms with E-state index in [2.05, 4.69) is 37.1 Å². The van der Waals surface area contributed by atoms with Gasteiger partial charge in [-0.15, -0.1) is 0 Å². The van der Waals surface area contributed by atoms with Crippen molar-refractivity contribution in [2.75, 3.05) is 10.6 Å². The van der Waals surface area contributed by atoms with Gasteiger partial charge in [-0.2, -0.15) is 5.10 Å². The summed E-state index contributed by atoms with van der Waals surface area (Å²) in [6.45, 7) is 0. The van der Waals surface area contributed by atoms with Gasteiger partial charge in [-0.05, 0) is 48.0 Å². The molecular formula is C24H19BrN4O3. The monoisotopic (exact) mass is 490 g/mol. The van der Waals surface area contributed by atoms with Gasteiger partial charge < -0.3 is 10.6 Å². The number of hydrogen-bond donors (Lipinski definition) is 3. The van der Waals surface area contributed by atoms with Gasteiger partial charge in [0.1, 0.15) is 0 Å². The summed E-state index contributed by atoms with van der Waals surface area (Å²) in [5.41, 5.74) is 4.13. The van der Waals surface area contributed by atoms with E-state index in [0.29, 0.717) is 5.69 Å². The first-order chi connectivity index (χ1) is 15.5. The Hall–Kier alpha value is -4.04. The van der Waals surface area contributed by atoms with E-state index in [-0.39, 0.29) is 11.3 Å². The number of para-hydroxylation sites is 1. The molecule has 3 rings (SSSR count). The number of benzene rings is 3. The fourth-order valence-corrected chi connectivity index (χ4v) is 2.87. The highest BCUT2D eigenvalue weighted by Crippen LogP contribution is 2.19. The Morgan fingerprint density at radius 1 is 0.781 bits per heavy atom. The molecule has 0 atom stereocenters. The minimum atomic E-state index is -0.961. The molecule has 0 unspecified atom stereocenters. The minimum absolute atomic E-state index is 0.204. The van der Waals surface area contributed by atoms with E-state index in [1.54, 1.807) is 54.6 Å². The lowest BCUT2D eigenvalue weighted by molar-refractivity contribution is -0.136. The van der Waals surface area contributed by atoms with Crippen LogP contribution >= 0.6 is 15.9 Å². The largest absolute Gasteiger partial charge is 0.329 e. The zero-order valence-corrected chi connectivity index (χ0v) is 18.4. The number of allylic oxidation sites excluding steroid dienone is 1. The van der Waals surface area contributed by atoms with Crippen LogP contribution in [0.15, 0.2) is 94.5 Å². The van der Waals surface area contributed by atoms with E-state index in [4.69, 9.17) is 0 Å². The number of carbonyl (C=O) groups excluding carboxylic acids is 3. The highest BCUT2D eigenvalue weighted by atomic mass is 79.9. The molecule has 0 aliphatic rings.